The Morgan fingerprint density at radius 3 is 2.63 bits per heavy atom. The molecule has 1 heterocycles. The molecular weight excluding hydrogens is 264 g/mol. The fraction of sp³-hybridized carbons (Fsp3) is 1.00. The van der Waals surface area contributed by atoms with Gasteiger partial charge in [-0.2, -0.15) is 17.4 Å². The molecule has 1 rings (SSSR count). The van der Waals surface area contributed by atoms with E-state index >= 15 is 0 Å². The Hall–Kier alpha value is -0.210. The topological polar surface area (TPSA) is 64.7 Å². The van der Waals surface area contributed by atoms with E-state index in [4.69, 9.17) is 0 Å². The molecule has 0 bridgehead atoms. The predicted molar refractivity (Wildman–Crippen MR) is 78.3 cm³/mol. The van der Waals surface area contributed by atoms with Crippen molar-refractivity contribution in [1.82, 2.24) is 19.2 Å². The van der Waals surface area contributed by atoms with Gasteiger partial charge in [-0.05, 0) is 40.9 Å². The minimum atomic E-state index is -3.38. The van der Waals surface area contributed by atoms with Crippen LogP contribution in [-0.2, 0) is 10.2 Å². The maximum absolute atomic E-state index is 12.4. The first-order chi connectivity index (χ1) is 8.86. The van der Waals surface area contributed by atoms with Gasteiger partial charge in [0.1, 0.15) is 0 Å². The van der Waals surface area contributed by atoms with Crippen LogP contribution < -0.4 is 10.0 Å². The molecule has 0 spiro atoms. The van der Waals surface area contributed by atoms with Crippen molar-refractivity contribution in [2.24, 2.45) is 0 Å². The Kier molecular flexibility index (Phi) is 6.68. The van der Waals surface area contributed by atoms with E-state index in [0.717, 1.165) is 19.3 Å². The molecule has 1 saturated heterocycles. The van der Waals surface area contributed by atoms with Crippen LogP contribution in [0.2, 0.25) is 0 Å². The highest BCUT2D eigenvalue weighted by molar-refractivity contribution is 7.87. The molecule has 1 fully saturated rings. The minimum absolute atomic E-state index is 0.0720. The summed E-state index contributed by atoms with van der Waals surface area (Å²) in [7, 11) is 2.36. The summed E-state index contributed by atoms with van der Waals surface area (Å²) < 4.78 is 29.3. The van der Waals surface area contributed by atoms with Gasteiger partial charge in [0.05, 0.1) is 0 Å². The third-order valence-corrected chi connectivity index (χ3v) is 5.11. The van der Waals surface area contributed by atoms with Crippen molar-refractivity contribution in [3.05, 3.63) is 0 Å². The molecule has 0 aromatic rings. The van der Waals surface area contributed by atoms with Gasteiger partial charge in [-0.1, -0.05) is 6.42 Å². The fourth-order valence-corrected chi connectivity index (χ4v) is 4.30. The summed E-state index contributed by atoms with van der Waals surface area (Å²) in [6, 6.07) is -0.0139. The Balaban J connectivity index is 2.68. The molecule has 0 amide bonds. The third kappa shape index (κ3) is 5.35. The quantitative estimate of drug-likeness (QED) is 0.685. The van der Waals surface area contributed by atoms with E-state index in [1.807, 2.05) is 33.0 Å². The van der Waals surface area contributed by atoms with Crippen LogP contribution >= 0.6 is 0 Å². The van der Waals surface area contributed by atoms with E-state index in [1.54, 1.807) is 4.31 Å². The zero-order valence-electron chi connectivity index (χ0n) is 12.5. The molecule has 2 atom stereocenters. The third-order valence-electron chi connectivity index (χ3n) is 3.31. The SMILES string of the molecule is CNCC1CCCCN1S(=O)(=O)NC(C)CN(C)C. The summed E-state index contributed by atoms with van der Waals surface area (Å²) in [5.41, 5.74) is 0. The lowest BCUT2D eigenvalue weighted by Gasteiger charge is -2.35. The van der Waals surface area contributed by atoms with Crippen molar-refractivity contribution < 1.29 is 8.42 Å². The molecule has 7 heteroatoms. The van der Waals surface area contributed by atoms with E-state index in [1.165, 1.54) is 0 Å². The number of nitrogens with one attached hydrogen (secondary N) is 2. The Labute approximate surface area is 117 Å². The standard InChI is InChI=1S/C12H28N4O2S/c1-11(10-15(3)4)14-19(17,18)16-8-6-5-7-12(16)9-13-2/h11-14H,5-10H2,1-4H3. The van der Waals surface area contributed by atoms with E-state index in [2.05, 4.69) is 10.0 Å². The Morgan fingerprint density at radius 1 is 1.37 bits per heavy atom. The minimum Gasteiger partial charge on any atom is -0.318 e. The maximum Gasteiger partial charge on any atom is 0.280 e. The van der Waals surface area contributed by atoms with Crippen LogP contribution in [0.15, 0.2) is 0 Å². The summed E-state index contributed by atoms with van der Waals surface area (Å²) in [6.07, 6.45) is 2.98. The summed E-state index contributed by atoms with van der Waals surface area (Å²) in [5.74, 6) is 0. The summed E-state index contributed by atoms with van der Waals surface area (Å²) in [4.78, 5) is 1.98. The Bertz CT molecular complexity index is 357. The fourth-order valence-electron chi connectivity index (χ4n) is 2.64. The van der Waals surface area contributed by atoms with Crippen molar-refractivity contribution in [2.45, 2.75) is 38.3 Å². The first-order valence-corrected chi connectivity index (χ1v) is 8.39. The normalized spacial score (nSPS) is 23.7. The second kappa shape index (κ2) is 7.54. The van der Waals surface area contributed by atoms with Gasteiger partial charge >= 0.3 is 0 Å². The van der Waals surface area contributed by atoms with Gasteiger partial charge in [-0.3, -0.25) is 0 Å². The molecule has 114 valence electrons. The van der Waals surface area contributed by atoms with Crippen molar-refractivity contribution >= 4 is 10.2 Å². The van der Waals surface area contributed by atoms with E-state index < -0.39 is 10.2 Å². The van der Waals surface area contributed by atoms with Gasteiger partial charge in [0.15, 0.2) is 0 Å². The number of nitrogens with zero attached hydrogens (tertiary/aromatic N) is 2. The molecule has 0 radical (unpaired) electrons. The molecule has 1 aliphatic rings. The van der Waals surface area contributed by atoms with Crippen LogP contribution in [-0.4, -0.2) is 70.5 Å². The molecule has 19 heavy (non-hydrogen) atoms. The number of hydrogen-bond acceptors (Lipinski definition) is 4. The average molecular weight is 292 g/mol. The molecule has 0 aromatic heterocycles. The average Bonchev–Trinajstić information content (AvgIpc) is 2.27. The Morgan fingerprint density at radius 2 is 2.05 bits per heavy atom. The lowest BCUT2D eigenvalue weighted by molar-refractivity contribution is 0.243. The van der Waals surface area contributed by atoms with Crippen LogP contribution in [0.4, 0.5) is 0 Å². The number of likely N-dealkylation sites (N-methyl/N-ethyl adjacent to an activating group) is 2. The molecule has 2 N–H and O–H groups in total. The number of hydrogen-bond donors (Lipinski definition) is 2. The van der Waals surface area contributed by atoms with E-state index in [0.29, 0.717) is 19.6 Å². The van der Waals surface area contributed by atoms with Gasteiger partial charge < -0.3 is 10.2 Å². The molecule has 2 unspecified atom stereocenters. The number of rotatable bonds is 7. The first kappa shape index (κ1) is 16.8. The molecule has 1 aliphatic heterocycles. The number of piperidine rings is 1. The lowest BCUT2D eigenvalue weighted by atomic mass is 10.1. The van der Waals surface area contributed by atoms with Crippen molar-refractivity contribution in [2.75, 3.05) is 40.8 Å². The zero-order valence-corrected chi connectivity index (χ0v) is 13.3. The summed E-state index contributed by atoms with van der Waals surface area (Å²) in [6.45, 7) is 3.93. The van der Waals surface area contributed by atoms with Gasteiger partial charge in [0.2, 0.25) is 0 Å². The second-order valence-electron chi connectivity index (χ2n) is 5.60. The highest BCUT2D eigenvalue weighted by atomic mass is 32.2. The second-order valence-corrected chi connectivity index (χ2v) is 7.26. The molecular formula is C12H28N4O2S. The van der Waals surface area contributed by atoms with Crippen molar-refractivity contribution in [3.8, 4) is 0 Å². The highest BCUT2D eigenvalue weighted by Crippen LogP contribution is 2.19. The zero-order chi connectivity index (χ0) is 14.5. The first-order valence-electron chi connectivity index (χ1n) is 6.95. The van der Waals surface area contributed by atoms with Crippen LogP contribution in [0.5, 0.6) is 0 Å². The van der Waals surface area contributed by atoms with Gasteiger partial charge in [0, 0.05) is 31.7 Å². The van der Waals surface area contributed by atoms with Gasteiger partial charge in [0.25, 0.3) is 10.2 Å². The van der Waals surface area contributed by atoms with Crippen LogP contribution in [0.3, 0.4) is 0 Å². The molecule has 0 aliphatic carbocycles. The molecule has 6 nitrogen and oxygen atoms in total. The monoisotopic (exact) mass is 292 g/mol. The maximum atomic E-state index is 12.4. The molecule has 0 aromatic carbocycles. The van der Waals surface area contributed by atoms with E-state index in [-0.39, 0.29) is 12.1 Å². The van der Waals surface area contributed by atoms with E-state index in [9.17, 15) is 8.42 Å². The van der Waals surface area contributed by atoms with Gasteiger partial charge in [-0.25, -0.2) is 0 Å². The highest BCUT2D eigenvalue weighted by Gasteiger charge is 2.32. The molecule has 0 saturated carbocycles. The van der Waals surface area contributed by atoms with Crippen LogP contribution in [0.25, 0.3) is 0 Å². The van der Waals surface area contributed by atoms with Crippen molar-refractivity contribution in [1.29, 1.82) is 0 Å². The van der Waals surface area contributed by atoms with Crippen LogP contribution in [0, 0.1) is 0 Å². The largest absolute Gasteiger partial charge is 0.318 e. The summed E-state index contributed by atoms with van der Waals surface area (Å²) >= 11 is 0. The van der Waals surface area contributed by atoms with Crippen molar-refractivity contribution in [3.63, 3.8) is 0 Å². The predicted octanol–water partition coefficient (Wildman–Crippen LogP) is -0.155. The lowest BCUT2D eigenvalue weighted by Crippen LogP contribution is -2.54. The van der Waals surface area contributed by atoms with Gasteiger partial charge in [-0.15, -0.1) is 0 Å². The summed E-state index contributed by atoms with van der Waals surface area (Å²) in [5, 5.41) is 3.08. The van der Waals surface area contributed by atoms with Crippen LogP contribution in [0.1, 0.15) is 26.2 Å². The smallest absolute Gasteiger partial charge is 0.280 e.